The number of nitrogens with zero attached hydrogens (tertiary/aromatic N) is 1. The van der Waals surface area contributed by atoms with Gasteiger partial charge in [0.05, 0.1) is 12.4 Å². The van der Waals surface area contributed by atoms with Crippen LogP contribution < -0.4 is 10.2 Å². The minimum absolute atomic E-state index is 0.259. The lowest BCUT2D eigenvalue weighted by Crippen LogP contribution is -2.17. The summed E-state index contributed by atoms with van der Waals surface area (Å²) in [6.45, 7) is 0. The highest BCUT2D eigenvalue weighted by atomic mass is 16.5. The second-order valence-electron chi connectivity index (χ2n) is 5.64. The van der Waals surface area contributed by atoms with Crippen LogP contribution in [0.15, 0.2) is 58.3 Å². The number of hydrazone groups is 1. The molecule has 0 atom stereocenters. The molecule has 0 spiro atoms. The van der Waals surface area contributed by atoms with Crippen molar-refractivity contribution in [3.63, 3.8) is 0 Å². The number of rotatable bonds is 6. The van der Waals surface area contributed by atoms with Crippen LogP contribution in [0, 0.1) is 0 Å². The Morgan fingerprint density at radius 1 is 1.21 bits per heavy atom. The maximum Gasteiger partial charge on any atom is 0.271 e. The van der Waals surface area contributed by atoms with Gasteiger partial charge < -0.3 is 9.15 Å². The van der Waals surface area contributed by atoms with E-state index in [9.17, 15) is 4.79 Å². The summed E-state index contributed by atoms with van der Waals surface area (Å²) in [6, 6.07) is 10.8. The zero-order chi connectivity index (χ0) is 16.6. The lowest BCUT2D eigenvalue weighted by Gasteiger charge is -2.12. The Morgan fingerprint density at radius 3 is 2.71 bits per heavy atom. The number of hydrogen-bond donors (Lipinski definition) is 1. The van der Waals surface area contributed by atoms with Crippen LogP contribution in [-0.4, -0.2) is 18.2 Å². The van der Waals surface area contributed by atoms with Gasteiger partial charge in [0.1, 0.15) is 11.5 Å². The average molecular weight is 324 g/mol. The molecule has 3 rings (SSSR count). The Labute approximate surface area is 141 Å². The van der Waals surface area contributed by atoms with Gasteiger partial charge in [-0.3, -0.25) is 4.79 Å². The first-order valence-electron chi connectivity index (χ1n) is 8.11. The Balaban J connectivity index is 1.47. The molecule has 0 aliphatic heterocycles. The molecule has 1 aromatic carbocycles. The Kier molecular flexibility index (Phi) is 5.45. The quantitative estimate of drug-likeness (QED) is 0.644. The van der Waals surface area contributed by atoms with Crippen molar-refractivity contribution in [1.29, 1.82) is 0 Å². The van der Waals surface area contributed by atoms with Crippen molar-refractivity contribution in [3.8, 4) is 5.75 Å². The number of amides is 1. The van der Waals surface area contributed by atoms with Crippen molar-refractivity contribution in [3.05, 3.63) is 60.1 Å². The molecule has 5 nitrogen and oxygen atoms in total. The zero-order valence-electron chi connectivity index (χ0n) is 13.4. The predicted molar refractivity (Wildman–Crippen MR) is 93.0 cm³/mol. The first kappa shape index (κ1) is 16.1. The summed E-state index contributed by atoms with van der Waals surface area (Å²) in [7, 11) is 0. The van der Waals surface area contributed by atoms with Crippen molar-refractivity contribution in [2.75, 3.05) is 0 Å². The molecule has 1 heterocycles. The van der Waals surface area contributed by atoms with Crippen LogP contribution in [0.5, 0.6) is 5.75 Å². The van der Waals surface area contributed by atoms with E-state index >= 15 is 0 Å². The summed E-state index contributed by atoms with van der Waals surface area (Å²) in [6.07, 6.45) is 11.6. The molecular weight excluding hydrogens is 304 g/mol. The monoisotopic (exact) mass is 324 g/mol. The SMILES string of the molecule is O=C(NN=CC=Cc1ccco1)c1ccc(OC2CCCC2)cc1. The molecule has 24 heavy (non-hydrogen) atoms. The van der Waals surface area contributed by atoms with Crippen LogP contribution in [-0.2, 0) is 0 Å². The number of carbonyl (C=O) groups is 1. The number of carbonyl (C=O) groups excluding carboxylic acids is 1. The van der Waals surface area contributed by atoms with E-state index in [1.807, 2.05) is 18.2 Å². The number of allylic oxidation sites excluding steroid dienone is 1. The molecule has 1 N–H and O–H groups in total. The van der Waals surface area contributed by atoms with Crippen LogP contribution in [0.3, 0.4) is 0 Å². The topological polar surface area (TPSA) is 63.8 Å². The molecule has 1 aromatic heterocycles. The van der Waals surface area contributed by atoms with Crippen molar-refractivity contribution in [1.82, 2.24) is 5.43 Å². The zero-order valence-corrected chi connectivity index (χ0v) is 13.4. The van der Waals surface area contributed by atoms with Crippen molar-refractivity contribution in [2.24, 2.45) is 5.10 Å². The Morgan fingerprint density at radius 2 is 2.00 bits per heavy atom. The maximum atomic E-state index is 12.0. The van der Waals surface area contributed by atoms with Crippen LogP contribution in [0.2, 0.25) is 0 Å². The van der Waals surface area contributed by atoms with Gasteiger partial charge in [0.25, 0.3) is 5.91 Å². The van der Waals surface area contributed by atoms with E-state index in [1.54, 1.807) is 36.6 Å². The maximum absolute atomic E-state index is 12.0. The fourth-order valence-corrected chi connectivity index (χ4v) is 2.61. The van der Waals surface area contributed by atoms with Gasteiger partial charge in [-0.1, -0.05) is 0 Å². The average Bonchev–Trinajstić information content (AvgIpc) is 3.29. The molecule has 124 valence electrons. The van der Waals surface area contributed by atoms with Gasteiger partial charge in [-0.15, -0.1) is 0 Å². The minimum atomic E-state index is -0.259. The van der Waals surface area contributed by atoms with E-state index in [1.165, 1.54) is 19.1 Å². The standard InChI is InChI=1S/C19H20N2O3/c22-19(21-20-13-3-7-16-8-4-14-23-16)15-9-11-18(12-10-15)24-17-5-1-2-6-17/h3-4,7-14,17H,1-2,5-6H2,(H,21,22). The summed E-state index contributed by atoms with van der Waals surface area (Å²) < 4.78 is 11.0. The highest BCUT2D eigenvalue weighted by Crippen LogP contribution is 2.24. The van der Waals surface area contributed by atoms with Crippen LogP contribution in [0.4, 0.5) is 0 Å². The number of benzene rings is 1. The van der Waals surface area contributed by atoms with Gasteiger partial charge in [-0.05, 0) is 74.2 Å². The molecule has 1 fully saturated rings. The summed E-state index contributed by atoms with van der Waals surface area (Å²) in [4.78, 5) is 12.0. The fourth-order valence-electron chi connectivity index (χ4n) is 2.61. The summed E-state index contributed by atoms with van der Waals surface area (Å²) in [5.74, 6) is 1.28. The molecule has 2 aromatic rings. The number of hydrogen-bond acceptors (Lipinski definition) is 4. The third-order valence-electron chi connectivity index (χ3n) is 3.85. The highest BCUT2D eigenvalue weighted by molar-refractivity contribution is 5.94. The second-order valence-corrected chi connectivity index (χ2v) is 5.64. The van der Waals surface area contributed by atoms with E-state index in [2.05, 4.69) is 10.5 Å². The van der Waals surface area contributed by atoms with Gasteiger partial charge in [-0.25, -0.2) is 5.43 Å². The number of ether oxygens (including phenoxy) is 1. The third kappa shape index (κ3) is 4.59. The van der Waals surface area contributed by atoms with E-state index in [-0.39, 0.29) is 5.91 Å². The molecule has 1 aliphatic carbocycles. The summed E-state index contributed by atoms with van der Waals surface area (Å²) in [5.41, 5.74) is 3.02. The normalized spacial score (nSPS) is 15.3. The van der Waals surface area contributed by atoms with Crippen LogP contribution >= 0.6 is 0 Å². The van der Waals surface area contributed by atoms with Gasteiger partial charge in [0, 0.05) is 11.8 Å². The van der Waals surface area contributed by atoms with Gasteiger partial charge >= 0.3 is 0 Å². The van der Waals surface area contributed by atoms with E-state index in [4.69, 9.17) is 9.15 Å². The van der Waals surface area contributed by atoms with Crippen molar-refractivity contribution in [2.45, 2.75) is 31.8 Å². The Hall–Kier alpha value is -2.82. The van der Waals surface area contributed by atoms with E-state index in [0.717, 1.165) is 24.4 Å². The highest BCUT2D eigenvalue weighted by Gasteiger charge is 2.16. The van der Waals surface area contributed by atoms with Gasteiger partial charge in [0.15, 0.2) is 0 Å². The lowest BCUT2D eigenvalue weighted by atomic mass is 10.2. The largest absolute Gasteiger partial charge is 0.490 e. The third-order valence-corrected chi connectivity index (χ3v) is 3.85. The lowest BCUT2D eigenvalue weighted by molar-refractivity contribution is 0.0955. The first-order valence-corrected chi connectivity index (χ1v) is 8.11. The van der Waals surface area contributed by atoms with Crippen LogP contribution in [0.25, 0.3) is 6.08 Å². The smallest absolute Gasteiger partial charge is 0.271 e. The molecule has 0 saturated heterocycles. The summed E-state index contributed by atoms with van der Waals surface area (Å²) in [5, 5.41) is 3.87. The van der Waals surface area contributed by atoms with Gasteiger partial charge in [-0.2, -0.15) is 5.10 Å². The Bertz CT molecular complexity index is 697. The van der Waals surface area contributed by atoms with E-state index in [0.29, 0.717) is 11.7 Å². The van der Waals surface area contributed by atoms with Crippen LogP contribution in [0.1, 0.15) is 41.8 Å². The van der Waals surface area contributed by atoms with Crippen molar-refractivity contribution < 1.29 is 13.9 Å². The first-order chi connectivity index (χ1) is 11.8. The number of furan rings is 1. The molecule has 0 bridgehead atoms. The molecule has 1 aliphatic rings. The predicted octanol–water partition coefficient (Wildman–Crippen LogP) is 4.03. The van der Waals surface area contributed by atoms with Crippen molar-refractivity contribution >= 4 is 18.2 Å². The molecule has 1 amide bonds. The second kappa shape index (κ2) is 8.15. The molecular formula is C19H20N2O3. The summed E-state index contributed by atoms with van der Waals surface area (Å²) >= 11 is 0. The van der Waals surface area contributed by atoms with Gasteiger partial charge in [0.2, 0.25) is 0 Å². The minimum Gasteiger partial charge on any atom is -0.490 e. The molecule has 0 radical (unpaired) electrons. The number of nitrogens with one attached hydrogen (secondary N) is 1. The molecule has 1 saturated carbocycles. The molecule has 0 unspecified atom stereocenters. The molecule has 5 heteroatoms. The fraction of sp³-hybridized carbons (Fsp3) is 0.263. The van der Waals surface area contributed by atoms with E-state index < -0.39 is 0 Å².